The molecule has 0 saturated heterocycles. The van der Waals surface area contributed by atoms with Gasteiger partial charge in [-0.25, -0.2) is 0 Å². The fraction of sp³-hybridized carbons (Fsp3) is 0.929. The van der Waals surface area contributed by atoms with E-state index in [1.807, 2.05) is 21.8 Å². The summed E-state index contributed by atoms with van der Waals surface area (Å²) in [5, 5.41) is 5.69. The van der Waals surface area contributed by atoms with Crippen LogP contribution in [0, 0.1) is 0 Å². The van der Waals surface area contributed by atoms with Crippen molar-refractivity contribution >= 4 is 13.9 Å². The van der Waals surface area contributed by atoms with Crippen LogP contribution in [-0.2, 0) is 14.3 Å². The van der Waals surface area contributed by atoms with Crippen LogP contribution in [0.4, 0.5) is 0 Å². The summed E-state index contributed by atoms with van der Waals surface area (Å²) in [6.07, 6.45) is 2.04. The summed E-state index contributed by atoms with van der Waals surface area (Å²) in [4.78, 5) is 11.2. The van der Waals surface area contributed by atoms with Crippen LogP contribution in [0.5, 0.6) is 0 Å². The highest BCUT2D eigenvalue weighted by molar-refractivity contribution is 6.04. The second-order valence-corrected chi connectivity index (χ2v) is 6.24. The topological polar surface area (TPSA) is 59.6 Å². The van der Waals surface area contributed by atoms with E-state index in [1.165, 1.54) is 0 Å². The molecule has 5 nitrogen and oxygen atoms in total. The molecule has 0 aromatic rings. The van der Waals surface area contributed by atoms with Gasteiger partial charge in [-0.1, -0.05) is 0 Å². The Hall–Kier alpha value is -0.585. The third kappa shape index (κ3) is 10.2. The highest BCUT2D eigenvalue weighted by atomic mass is 16.5. The molecule has 0 radical (unpaired) electrons. The number of amides is 1. The van der Waals surface area contributed by atoms with E-state index in [-0.39, 0.29) is 17.1 Å². The second kappa shape index (κ2) is 9.37. The van der Waals surface area contributed by atoms with Crippen LogP contribution >= 0.6 is 0 Å². The van der Waals surface area contributed by atoms with Gasteiger partial charge in [0.15, 0.2) is 7.98 Å². The van der Waals surface area contributed by atoms with Crippen molar-refractivity contribution in [3.8, 4) is 0 Å². The van der Waals surface area contributed by atoms with Gasteiger partial charge in [0.05, 0.1) is 24.4 Å². The monoisotopic (exact) mass is 286 g/mol. The standard InChI is InChI=1S/C14H31BN2O3/c1-13(2,7-6-12(18)16-5)19-10-8-14(3,4)20-11-9-17-15/h17H,6-11,15H2,1-5H3,(H,16,18). The zero-order valence-electron chi connectivity index (χ0n) is 14.0. The Balaban J connectivity index is 3.92. The minimum Gasteiger partial charge on any atom is -0.375 e. The fourth-order valence-corrected chi connectivity index (χ4v) is 1.69. The van der Waals surface area contributed by atoms with Gasteiger partial charge in [-0.15, -0.1) is 0 Å². The van der Waals surface area contributed by atoms with Crippen molar-refractivity contribution in [3.05, 3.63) is 0 Å². The van der Waals surface area contributed by atoms with Crippen LogP contribution < -0.4 is 10.5 Å². The highest BCUT2D eigenvalue weighted by Crippen LogP contribution is 2.20. The lowest BCUT2D eigenvalue weighted by Crippen LogP contribution is -2.33. The van der Waals surface area contributed by atoms with E-state index < -0.39 is 0 Å². The zero-order valence-corrected chi connectivity index (χ0v) is 14.0. The van der Waals surface area contributed by atoms with Gasteiger partial charge in [0, 0.05) is 20.0 Å². The molecule has 0 aromatic carbocycles. The Morgan fingerprint density at radius 1 is 1.05 bits per heavy atom. The normalized spacial score (nSPS) is 12.4. The molecule has 6 heteroatoms. The first-order valence-corrected chi connectivity index (χ1v) is 7.35. The third-order valence-corrected chi connectivity index (χ3v) is 3.27. The van der Waals surface area contributed by atoms with Crippen LogP contribution in [0.2, 0.25) is 0 Å². The van der Waals surface area contributed by atoms with Crippen LogP contribution in [0.25, 0.3) is 0 Å². The average Bonchev–Trinajstić information content (AvgIpc) is 2.35. The molecule has 0 saturated carbocycles. The molecule has 1 amide bonds. The number of hydrogen-bond acceptors (Lipinski definition) is 4. The summed E-state index contributed by atoms with van der Waals surface area (Å²) < 4.78 is 11.7. The smallest absolute Gasteiger partial charge is 0.219 e. The number of rotatable bonds is 11. The van der Waals surface area contributed by atoms with Crippen molar-refractivity contribution in [2.45, 2.75) is 58.2 Å². The first-order chi connectivity index (χ1) is 9.22. The minimum absolute atomic E-state index is 0.0532. The van der Waals surface area contributed by atoms with E-state index in [0.29, 0.717) is 26.1 Å². The molecule has 0 aromatic heterocycles. The maximum absolute atomic E-state index is 11.2. The molecule has 0 unspecified atom stereocenters. The van der Waals surface area contributed by atoms with Crippen molar-refractivity contribution in [2.24, 2.45) is 0 Å². The summed E-state index contributed by atoms with van der Waals surface area (Å²) >= 11 is 0. The Bertz CT molecular complexity index is 284. The van der Waals surface area contributed by atoms with Gasteiger partial charge in [0.2, 0.25) is 5.91 Å². The number of hydrogen-bond donors (Lipinski definition) is 2. The maximum Gasteiger partial charge on any atom is 0.219 e. The van der Waals surface area contributed by atoms with E-state index in [2.05, 4.69) is 24.4 Å². The minimum atomic E-state index is -0.284. The summed E-state index contributed by atoms with van der Waals surface area (Å²) in [6, 6.07) is 0. The van der Waals surface area contributed by atoms with Gasteiger partial charge in [0.1, 0.15) is 0 Å². The number of nitrogens with one attached hydrogen (secondary N) is 2. The molecule has 0 atom stereocenters. The van der Waals surface area contributed by atoms with Gasteiger partial charge in [-0.3, -0.25) is 4.79 Å². The summed E-state index contributed by atoms with van der Waals surface area (Å²) in [5.74, 6) is 0.0532. The van der Waals surface area contributed by atoms with Crippen LogP contribution in [0.1, 0.15) is 47.0 Å². The lowest BCUT2D eigenvalue weighted by Gasteiger charge is -2.29. The molecule has 0 aliphatic rings. The van der Waals surface area contributed by atoms with Gasteiger partial charge < -0.3 is 20.0 Å². The molecule has 118 valence electrons. The lowest BCUT2D eigenvalue weighted by atomic mass is 10.0. The fourth-order valence-electron chi connectivity index (χ4n) is 1.69. The van der Waals surface area contributed by atoms with Gasteiger partial charge >= 0.3 is 0 Å². The van der Waals surface area contributed by atoms with E-state index in [9.17, 15) is 4.79 Å². The van der Waals surface area contributed by atoms with Crippen molar-refractivity contribution in [3.63, 3.8) is 0 Å². The SMILES string of the molecule is BNCCOC(C)(C)CCOC(C)(C)CCC(=O)NC. The van der Waals surface area contributed by atoms with E-state index in [0.717, 1.165) is 13.0 Å². The summed E-state index contributed by atoms with van der Waals surface area (Å²) in [5.41, 5.74) is -0.471. The number of carbonyl (C=O) groups excluding carboxylic acids is 1. The van der Waals surface area contributed by atoms with Gasteiger partial charge in [-0.2, -0.15) is 0 Å². The summed E-state index contributed by atoms with van der Waals surface area (Å²) in [7, 11) is 3.57. The quantitative estimate of drug-likeness (QED) is 0.432. The molecular formula is C14H31BN2O3. The Labute approximate surface area is 124 Å². The molecule has 0 rings (SSSR count). The van der Waals surface area contributed by atoms with E-state index in [1.54, 1.807) is 7.05 Å². The molecule has 0 heterocycles. The van der Waals surface area contributed by atoms with Crippen LogP contribution in [0.3, 0.4) is 0 Å². The molecular weight excluding hydrogens is 255 g/mol. The molecule has 0 aliphatic heterocycles. The van der Waals surface area contributed by atoms with Crippen molar-refractivity contribution in [1.29, 1.82) is 0 Å². The lowest BCUT2D eigenvalue weighted by molar-refractivity contribution is -0.123. The first kappa shape index (κ1) is 19.4. The Kier molecular flexibility index (Phi) is 9.10. The molecule has 2 N–H and O–H groups in total. The molecule has 0 aliphatic carbocycles. The van der Waals surface area contributed by atoms with Gasteiger partial charge in [0.25, 0.3) is 0 Å². The van der Waals surface area contributed by atoms with Crippen molar-refractivity contribution < 1.29 is 14.3 Å². The van der Waals surface area contributed by atoms with Gasteiger partial charge in [-0.05, 0) is 40.5 Å². The third-order valence-electron chi connectivity index (χ3n) is 3.27. The molecule has 20 heavy (non-hydrogen) atoms. The van der Waals surface area contributed by atoms with Crippen molar-refractivity contribution in [2.75, 3.05) is 26.8 Å². The largest absolute Gasteiger partial charge is 0.375 e. The van der Waals surface area contributed by atoms with E-state index in [4.69, 9.17) is 9.47 Å². The van der Waals surface area contributed by atoms with E-state index >= 15 is 0 Å². The van der Waals surface area contributed by atoms with Crippen molar-refractivity contribution in [1.82, 2.24) is 10.5 Å². The highest BCUT2D eigenvalue weighted by Gasteiger charge is 2.23. The zero-order chi connectivity index (χ0) is 15.6. The average molecular weight is 286 g/mol. The predicted octanol–water partition coefficient (Wildman–Crippen LogP) is 0.631. The number of ether oxygens (including phenoxy) is 2. The summed E-state index contributed by atoms with van der Waals surface area (Å²) in [6.45, 7) is 10.4. The molecule has 0 fully saturated rings. The Morgan fingerprint density at radius 3 is 2.15 bits per heavy atom. The predicted molar refractivity (Wildman–Crippen MR) is 84.5 cm³/mol. The Morgan fingerprint density at radius 2 is 1.60 bits per heavy atom. The second-order valence-electron chi connectivity index (χ2n) is 6.24. The van der Waals surface area contributed by atoms with Crippen LogP contribution in [0.15, 0.2) is 0 Å². The molecule has 0 spiro atoms. The molecule has 0 bridgehead atoms. The van der Waals surface area contributed by atoms with Crippen LogP contribution in [-0.4, -0.2) is 51.9 Å². The first-order valence-electron chi connectivity index (χ1n) is 7.35. The maximum atomic E-state index is 11.2. The number of carbonyl (C=O) groups is 1.